The number of rotatable bonds is 8. The number of nitrogens with one attached hydrogen (secondary N) is 1. The topological polar surface area (TPSA) is 84.9 Å². The van der Waals surface area contributed by atoms with Gasteiger partial charge in [0.05, 0.1) is 17.7 Å². The van der Waals surface area contributed by atoms with Crippen molar-refractivity contribution in [3.8, 4) is 11.5 Å². The molecule has 1 atom stereocenters. The van der Waals surface area contributed by atoms with Crippen molar-refractivity contribution in [2.75, 3.05) is 25.5 Å². The number of hydrogen-bond donors (Lipinski definition) is 1. The van der Waals surface area contributed by atoms with E-state index in [0.717, 1.165) is 30.4 Å². The van der Waals surface area contributed by atoms with E-state index in [0.29, 0.717) is 36.7 Å². The van der Waals surface area contributed by atoms with Crippen molar-refractivity contribution in [1.29, 1.82) is 0 Å². The number of benzene rings is 2. The molecular weight excluding hydrogens is 428 g/mol. The third-order valence-electron chi connectivity index (χ3n) is 5.87. The first kappa shape index (κ1) is 24.1. The number of aryl methyl sites for hydroxylation is 1. The van der Waals surface area contributed by atoms with E-state index in [1.54, 1.807) is 6.07 Å². The normalized spacial score (nSPS) is 15.8. The lowest BCUT2D eigenvalue weighted by Crippen LogP contribution is -2.35. The quantitative estimate of drug-likeness (QED) is 0.635. The summed E-state index contributed by atoms with van der Waals surface area (Å²) in [5, 5.41) is 2.81. The SMILES string of the molecule is CCC(Oc1cccc(C)c1C)C(=O)Nc1cc(S(=O)(=O)N2CCCCC2)ccc1OC. The van der Waals surface area contributed by atoms with E-state index in [4.69, 9.17) is 9.47 Å². The van der Waals surface area contributed by atoms with Gasteiger partial charge in [0.25, 0.3) is 5.91 Å². The van der Waals surface area contributed by atoms with Gasteiger partial charge in [-0.2, -0.15) is 4.31 Å². The molecule has 1 saturated heterocycles. The van der Waals surface area contributed by atoms with E-state index < -0.39 is 16.1 Å². The highest BCUT2D eigenvalue weighted by Crippen LogP contribution is 2.30. The van der Waals surface area contributed by atoms with Crippen LogP contribution in [0, 0.1) is 13.8 Å². The van der Waals surface area contributed by atoms with E-state index in [2.05, 4.69) is 5.32 Å². The Morgan fingerprint density at radius 2 is 1.81 bits per heavy atom. The minimum Gasteiger partial charge on any atom is -0.495 e. The van der Waals surface area contributed by atoms with Crippen molar-refractivity contribution < 1.29 is 22.7 Å². The average Bonchev–Trinajstić information content (AvgIpc) is 2.80. The molecule has 0 aromatic heterocycles. The highest BCUT2D eigenvalue weighted by atomic mass is 32.2. The molecule has 2 aromatic rings. The first-order chi connectivity index (χ1) is 15.3. The molecule has 32 heavy (non-hydrogen) atoms. The van der Waals surface area contributed by atoms with Crippen LogP contribution in [0.1, 0.15) is 43.7 Å². The van der Waals surface area contributed by atoms with Gasteiger partial charge < -0.3 is 14.8 Å². The average molecular weight is 461 g/mol. The minimum atomic E-state index is -3.63. The highest BCUT2D eigenvalue weighted by Gasteiger charge is 2.28. The Morgan fingerprint density at radius 3 is 2.47 bits per heavy atom. The summed E-state index contributed by atoms with van der Waals surface area (Å²) in [6.07, 6.45) is 2.46. The smallest absolute Gasteiger partial charge is 0.265 e. The zero-order valence-electron chi connectivity index (χ0n) is 19.2. The molecule has 0 bridgehead atoms. The monoisotopic (exact) mass is 460 g/mol. The predicted molar refractivity (Wildman–Crippen MR) is 125 cm³/mol. The second-order valence-electron chi connectivity index (χ2n) is 8.03. The minimum absolute atomic E-state index is 0.138. The second-order valence-corrected chi connectivity index (χ2v) is 9.97. The second kappa shape index (κ2) is 10.4. The molecule has 1 amide bonds. The fraction of sp³-hybridized carbons (Fsp3) is 0.458. The number of piperidine rings is 1. The lowest BCUT2D eigenvalue weighted by molar-refractivity contribution is -0.122. The number of nitrogens with zero attached hydrogens (tertiary/aromatic N) is 1. The highest BCUT2D eigenvalue weighted by molar-refractivity contribution is 7.89. The number of sulfonamides is 1. The number of methoxy groups -OCH3 is 1. The molecule has 0 radical (unpaired) electrons. The Hall–Kier alpha value is -2.58. The summed E-state index contributed by atoms with van der Waals surface area (Å²) < 4.78 is 39.0. The number of amides is 1. The number of carbonyl (C=O) groups excluding carboxylic acids is 1. The Labute approximate surface area is 190 Å². The number of ether oxygens (including phenoxy) is 2. The standard InChI is InChI=1S/C24H32N2O5S/c1-5-21(31-22-11-9-10-17(2)18(22)3)24(27)25-20-16-19(12-13-23(20)30-4)32(28,29)26-14-7-6-8-15-26/h9-13,16,21H,5-8,14-15H2,1-4H3,(H,25,27). The number of carbonyl (C=O) groups is 1. The van der Waals surface area contributed by atoms with Crippen molar-refractivity contribution >= 4 is 21.6 Å². The molecule has 8 heteroatoms. The summed E-state index contributed by atoms with van der Waals surface area (Å²) in [6.45, 7) is 6.83. The first-order valence-corrected chi connectivity index (χ1v) is 12.4. The zero-order chi connectivity index (χ0) is 23.3. The Balaban J connectivity index is 1.83. The zero-order valence-corrected chi connectivity index (χ0v) is 20.0. The summed E-state index contributed by atoms with van der Waals surface area (Å²) in [7, 11) is -2.15. The lowest BCUT2D eigenvalue weighted by atomic mass is 10.1. The summed E-state index contributed by atoms with van der Waals surface area (Å²) >= 11 is 0. The summed E-state index contributed by atoms with van der Waals surface area (Å²) in [5.41, 5.74) is 2.36. The molecule has 0 saturated carbocycles. The lowest BCUT2D eigenvalue weighted by Gasteiger charge is -2.26. The van der Waals surface area contributed by atoms with Crippen LogP contribution in [-0.2, 0) is 14.8 Å². The van der Waals surface area contributed by atoms with Gasteiger partial charge in [-0.05, 0) is 68.5 Å². The molecule has 1 heterocycles. The molecule has 1 unspecified atom stereocenters. The molecule has 0 spiro atoms. The first-order valence-electron chi connectivity index (χ1n) is 11.0. The number of anilines is 1. The van der Waals surface area contributed by atoms with Gasteiger partial charge in [0.2, 0.25) is 10.0 Å². The maximum Gasteiger partial charge on any atom is 0.265 e. The summed E-state index contributed by atoms with van der Waals surface area (Å²) in [5.74, 6) is 0.678. The van der Waals surface area contributed by atoms with Gasteiger partial charge in [0.15, 0.2) is 6.10 Å². The van der Waals surface area contributed by atoms with E-state index >= 15 is 0 Å². The summed E-state index contributed by atoms with van der Waals surface area (Å²) in [6, 6.07) is 10.3. The fourth-order valence-electron chi connectivity index (χ4n) is 3.74. The van der Waals surface area contributed by atoms with Crippen molar-refractivity contribution in [2.24, 2.45) is 0 Å². The van der Waals surface area contributed by atoms with Crippen LogP contribution in [-0.4, -0.2) is 44.9 Å². The molecule has 3 rings (SSSR count). The van der Waals surface area contributed by atoms with Crippen LogP contribution in [0.15, 0.2) is 41.3 Å². The maximum atomic E-state index is 13.1. The van der Waals surface area contributed by atoms with E-state index in [-0.39, 0.29) is 10.8 Å². The van der Waals surface area contributed by atoms with E-state index in [9.17, 15) is 13.2 Å². The van der Waals surface area contributed by atoms with Crippen molar-refractivity contribution in [1.82, 2.24) is 4.31 Å². The predicted octanol–water partition coefficient (Wildman–Crippen LogP) is 4.28. The molecular formula is C24H32N2O5S. The largest absolute Gasteiger partial charge is 0.495 e. The fourth-order valence-corrected chi connectivity index (χ4v) is 5.28. The van der Waals surface area contributed by atoms with Crippen molar-refractivity contribution in [2.45, 2.75) is 57.5 Å². The van der Waals surface area contributed by atoms with Crippen LogP contribution in [0.4, 0.5) is 5.69 Å². The molecule has 1 aliphatic rings. The van der Waals surface area contributed by atoms with Gasteiger partial charge in [-0.1, -0.05) is 25.5 Å². The Kier molecular flexibility index (Phi) is 7.79. The molecule has 174 valence electrons. The molecule has 7 nitrogen and oxygen atoms in total. The van der Waals surface area contributed by atoms with Gasteiger partial charge in [-0.25, -0.2) is 8.42 Å². The molecule has 1 aliphatic heterocycles. The molecule has 1 fully saturated rings. The molecule has 1 N–H and O–H groups in total. The maximum absolute atomic E-state index is 13.1. The third kappa shape index (κ3) is 5.24. The van der Waals surface area contributed by atoms with Crippen LogP contribution in [0.3, 0.4) is 0 Å². The van der Waals surface area contributed by atoms with Crippen LogP contribution >= 0.6 is 0 Å². The Morgan fingerprint density at radius 1 is 1.09 bits per heavy atom. The molecule has 2 aromatic carbocycles. The van der Waals surface area contributed by atoms with Gasteiger partial charge in [-0.15, -0.1) is 0 Å². The van der Waals surface area contributed by atoms with Crippen LogP contribution in [0.5, 0.6) is 11.5 Å². The number of hydrogen-bond acceptors (Lipinski definition) is 5. The van der Waals surface area contributed by atoms with Crippen molar-refractivity contribution in [3.63, 3.8) is 0 Å². The van der Waals surface area contributed by atoms with Crippen LogP contribution in [0.25, 0.3) is 0 Å². The van der Waals surface area contributed by atoms with Crippen molar-refractivity contribution in [3.05, 3.63) is 47.5 Å². The van der Waals surface area contributed by atoms with E-state index in [1.165, 1.54) is 23.5 Å². The van der Waals surface area contributed by atoms with Gasteiger partial charge in [-0.3, -0.25) is 4.79 Å². The van der Waals surface area contributed by atoms with Crippen LogP contribution in [0.2, 0.25) is 0 Å². The van der Waals surface area contributed by atoms with E-state index in [1.807, 2.05) is 39.0 Å². The third-order valence-corrected chi connectivity index (χ3v) is 7.76. The van der Waals surface area contributed by atoms with Gasteiger partial charge in [0.1, 0.15) is 11.5 Å². The Bertz CT molecular complexity index is 1060. The van der Waals surface area contributed by atoms with Gasteiger partial charge >= 0.3 is 0 Å². The van der Waals surface area contributed by atoms with Gasteiger partial charge in [0, 0.05) is 13.1 Å². The van der Waals surface area contributed by atoms with Crippen LogP contribution < -0.4 is 14.8 Å². The summed E-state index contributed by atoms with van der Waals surface area (Å²) in [4.78, 5) is 13.2. The molecule has 0 aliphatic carbocycles.